The average Bonchev–Trinajstić information content (AvgIpc) is 3.57. The molecule has 0 saturated carbocycles. The van der Waals surface area contributed by atoms with Crippen molar-refractivity contribution in [1.82, 2.24) is 24.5 Å². The molecule has 3 aromatic heterocycles. The molecular weight excluding hydrogens is 635 g/mol. The second-order valence-electron chi connectivity index (χ2n) is 8.24. The lowest BCUT2D eigenvalue weighted by atomic mass is 10.2. The molecule has 4 rings (SSSR count). The number of nitrogens with two attached hydrogens (primary N) is 1. The molecule has 3 aromatic rings. The Kier molecular flexibility index (Phi) is 9.05. The van der Waals surface area contributed by atoms with Gasteiger partial charge in [0.2, 0.25) is 5.95 Å². The fourth-order valence-electron chi connectivity index (χ4n) is 3.80. The van der Waals surface area contributed by atoms with Crippen molar-refractivity contribution in [3.8, 4) is 0 Å². The van der Waals surface area contributed by atoms with Gasteiger partial charge in [-0.2, -0.15) is 13.6 Å². The summed E-state index contributed by atoms with van der Waals surface area (Å²) in [5.41, 5.74) is 13.6. The van der Waals surface area contributed by atoms with Crippen LogP contribution in [0.1, 0.15) is 28.7 Å². The van der Waals surface area contributed by atoms with Gasteiger partial charge in [0.25, 0.3) is 5.56 Å². The van der Waals surface area contributed by atoms with Crippen molar-refractivity contribution >= 4 is 46.5 Å². The van der Waals surface area contributed by atoms with Crippen LogP contribution < -0.4 is 11.3 Å². The van der Waals surface area contributed by atoms with Crippen molar-refractivity contribution in [2.24, 2.45) is 5.11 Å². The van der Waals surface area contributed by atoms with Gasteiger partial charge in [0, 0.05) is 17.5 Å². The van der Waals surface area contributed by atoms with E-state index in [0.717, 1.165) is 0 Å². The van der Waals surface area contributed by atoms with Gasteiger partial charge in [0.15, 0.2) is 11.2 Å². The summed E-state index contributed by atoms with van der Waals surface area (Å²) in [5.74, 6) is -1.21. The lowest BCUT2D eigenvalue weighted by Crippen LogP contribution is -2.31. The summed E-state index contributed by atoms with van der Waals surface area (Å²) in [7, 11) is -17.0. The fourth-order valence-corrected chi connectivity index (χ4v) is 6.83. The molecule has 23 nitrogen and oxygen atoms in total. The van der Waals surface area contributed by atoms with Gasteiger partial charge < -0.3 is 39.8 Å². The van der Waals surface area contributed by atoms with E-state index < -0.39 is 60.0 Å². The molecule has 42 heavy (non-hydrogen) atoms. The number of ether oxygens (including phenoxy) is 2. The number of aromatic amines is 2. The second-order valence-corrected chi connectivity index (χ2v) is 12.7. The number of hydrogen-bond acceptors (Lipinski definition) is 14. The number of anilines is 1. The summed E-state index contributed by atoms with van der Waals surface area (Å²) in [4.78, 5) is 77.1. The third kappa shape index (κ3) is 7.69. The standard InChI is InChI=1S/C16H20N9O14P3/c17-16-22-13-12(14(26)23-16)20-6-25(13)10-3-8(37-15(27)11-7(1-2-19-11)4-21-24-18)9(36-10)5-35-41(31,32)39-42(33,34)38-40(28,29)30/h1-2,6,8-10,19H,3-5H2,(H,31,32)(H,33,34)(H2,28,29,30)(H3,17,22,23,26)/t8?,9-,10-/m1/s1. The molecule has 0 spiro atoms. The van der Waals surface area contributed by atoms with E-state index in [1.165, 1.54) is 23.2 Å². The van der Waals surface area contributed by atoms with Crippen molar-refractivity contribution in [1.29, 1.82) is 0 Å². The molecule has 0 bridgehead atoms. The number of azide groups is 1. The van der Waals surface area contributed by atoms with E-state index in [1.54, 1.807) is 0 Å². The molecule has 0 amide bonds. The first kappa shape index (κ1) is 31.5. The van der Waals surface area contributed by atoms with Crippen LogP contribution in [0.15, 0.2) is 28.5 Å². The number of phosphoric acid groups is 3. The van der Waals surface area contributed by atoms with Gasteiger partial charge in [-0.15, -0.1) is 0 Å². The first-order valence-corrected chi connectivity index (χ1v) is 15.6. The Bertz CT molecular complexity index is 1740. The molecule has 0 aromatic carbocycles. The van der Waals surface area contributed by atoms with E-state index >= 15 is 0 Å². The molecule has 1 saturated heterocycles. The smallest absolute Gasteiger partial charge is 0.455 e. The highest BCUT2D eigenvalue weighted by Crippen LogP contribution is 2.66. The average molecular weight is 655 g/mol. The highest BCUT2D eigenvalue weighted by Gasteiger charge is 2.44. The monoisotopic (exact) mass is 655 g/mol. The van der Waals surface area contributed by atoms with Gasteiger partial charge in [-0.05, 0) is 17.2 Å². The highest BCUT2D eigenvalue weighted by atomic mass is 31.3. The summed E-state index contributed by atoms with van der Waals surface area (Å²) in [6.07, 6.45) is -1.42. The van der Waals surface area contributed by atoms with Crippen molar-refractivity contribution in [3.05, 3.63) is 50.6 Å². The van der Waals surface area contributed by atoms with E-state index in [4.69, 9.17) is 30.5 Å². The van der Waals surface area contributed by atoms with Crippen LogP contribution in [0.25, 0.3) is 21.6 Å². The largest absolute Gasteiger partial charge is 0.490 e. The Morgan fingerprint density at radius 1 is 1.26 bits per heavy atom. The van der Waals surface area contributed by atoms with Gasteiger partial charge in [0.1, 0.15) is 24.1 Å². The normalized spacial score (nSPS) is 21.9. The topological polar surface area (TPSA) is 349 Å². The molecule has 228 valence electrons. The summed E-state index contributed by atoms with van der Waals surface area (Å²) >= 11 is 0. The number of nitrogen functional groups attached to an aromatic ring is 1. The Morgan fingerprint density at radius 2 is 2.00 bits per heavy atom. The highest BCUT2D eigenvalue weighted by molar-refractivity contribution is 7.66. The number of fused-ring (bicyclic) bond motifs is 1. The van der Waals surface area contributed by atoms with Crippen molar-refractivity contribution in [3.63, 3.8) is 0 Å². The molecule has 1 aliphatic heterocycles. The van der Waals surface area contributed by atoms with Gasteiger partial charge >= 0.3 is 29.4 Å². The number of aromatic nitrogens is 5. The molecule has 26 heteroatoms. The maximum absolute atomic E-state index is 12.9. The Balaban J connectivity index is 1.57. The van der Waals surface area contributed by atoms with Crippen LogP contribution in [-0.2, 0) is 42.9 Å². The summed E-state index contributed by atoms with van der Waals surface area (Å²) in [5, 5.41) is 3.38. The Hall–Kier alpha value is -3.42. The summed E-state index contributed by atoms with van der Waals surface area (Å²) in [6, 6.07) is 1.46. The predicted molar refractivity (Wildman–Crippen MR) is 134 cm³/mol. The molecule has 0 aliphatic carbocycles. The summed E-state index contributed by atoms with van der Waals surface area (Å²) < 4.78 is 59.3. The number of hydrogen-bond donors (Lipinski definition) is 7. The van der Waals surface area contributed by atoms with Gasteiger partial charge in [-0.3, -0.25) is 18.9 Å². The van der Waals surface area contributed by atoms with Crippen LogP contribution in [0.2, 0.25) is 0 Å². The van der Waals surface area contributed by atoms with Crippen LogP contribution in [0.5, 0.6) is 0 Å². The van der Waals surface area contributed by atoms with E-state index in [2.05, 4.69) is 43.1 Å². The maximum Gasteiger partial charge on any atom is 0.490 e. The maximum atomic E-state index is 12.9. The lowest BCUT2D eigenvalue weighted by molar-refractivity contribution is -0.0491. The zero-order valence-electron chi connectivity index (χ0n) is 20.6. The van der Waals surface area contributed by atoms with Crippen molar-refractivity contribution in [2.75, 3.05) is 12.3 Å². The minimum atomic E-state index is -5.80. The summed E-state index contributed by atoms with van der Waals surface area (Å²) in [6.45, 7) is -1.16. The Morgan fingerprint density at radius 3 is 2.69 bits per heavy atom. The third-order valence-corrected chi connectivity index (χ3v) is 9.16. The van der Waals surface area contributed by atoms with E-state index in [-0.39, 0.29) is 41.3 Å². The van der Waals surface area contributed by atoms with E-state index in [9.17, 15) is 33.1 Å². The quantitative estimate of drug-likeness (QED) is 0.0464. The number of carbonyl (C=O) groups excluding carboxylic acids is 1. The first-order chi connectivity index (χ1) is 19.6. The van der Waals surface area contributed by atoms with Crippen LogP contribution in [0.3, 0.4) is 0 Å². The Labute approximate surface area is 231 Å². The van der Waals surface area contributed by atoms with E-state index in [1.807, 2.05) is 0 Å². The number of imidazole rings is 1. The number of rotatable bonds is 12. The zero-order valence-corrected chi connectivity index (χ0v) is 23.2. The minimum absolute atomic E-state index is 0.0270. The number of nitrogens with zero attached hydrogens (tertiary/aromatic N) is 6. The molecule has 4 heterocycles. The van der Waals surface area contributed by atoms with E-state index in [0.29, 0.717) is 0 Å². The number of phosphoric ester groups is 1. The SMILES string of the molecule is [N-]=[N+]=NCc1cc[nH]c1C(=O)OC1C[C@H](n2cnc3c(=O)[nH]c(N)nc32)O[C@@H]1COP(=O)(O)OP(=O)(O)OP(=O)(O)O. The van der Waals surface area contributed by atoms with Crippen molar-refractivity contribution in [2.45, 2.75) is 31.4 Å². The molecule has 5 atom stereocenters. The number of esters is 1. The molecule has 3 unspecified atom stereocenters. The number of H-pyrrole nitrogens is 2. The molecular formula is C16H20N9O14P3. The van der Waals surface area contributed by atoms with Crippen LogP contribution in [0, 0.1) is 0 Å². The number of nitrogens with one attached hydrogen (secondary N) is 2. The third-order valence-electron chi connectivity index (χ3n) is 5.36. The van der Waals surface area contributed by atoms with Gasteiger partial charge in [-0.25, -0.2) is 23.5 Å². The second kappa shape index (κ2) is 12.1. The fraction of sp³-hybridized carbons (Fsp3) is 0.375. The first-order valence-electron chi connectivity index (χ1n) is 11.1. The van der Waals surface area contributed by atoms with Gasteiger partial charge in [0.05, 0.1) is 19.5 Å². The minimum Gasteiger partial charge on any atom is -0.455 e. The van der Waals surface area contributed by atoms with Crippen LogP contribution in [-0.4, -0.2) is 68.9 Å². The number of carbonyl (C=O) groups is 1. The van der Waals surface area contributed by atoms with Gasteiger partial charge in [-0.1, -0.05) is 5.11 Å². The molecule has 0 radical (unpaired) electrons. The zero-order chi connectivity index (χ0) is 30.9. The van der Waals surface area contributed by atoms with Crippen molar-refractivity contribution < 1.29 is 60.7 Å². The molecule has 8 N–H and O–H groups in total. The van der Waals surface area contributed by atoms with Crippen LogP contribution in [0.4, 0.5) is 5.95 Å². The van der Waals surface area contributed by atoms with Crippen LogP contribution >= 0.6 is 23.5 Å². The molecule has 1 aliphatic rings. The lowest BCUT2D eigenvalue weighted by Gasteiger charge is -2.21. The molecule has 1 fully saturated rings. The predicted octanol–water partition coefficient (Wildman–Crippen LogP) is 0.697.